The second-order valence-corrected chi connectivity index (χ2v) is 6.17. The zero-order valence-corrected chi connectivity index (χ0v) is 14.9. The molecule has 0 aromatic heterocycles. The fraction of sp³-hybridized carbons (Fsp3) is 0.0526. The predicted molar refractivity (Wildman–Crippen MR) is 101 cm³/mol. The van der Waals surface area contributed by atoms with E-state index in [4.69, 9.17) is 4.74 Å². The number of benzene rings is 3. The van der Waals surface area contributed by atoms with Gasteiger partial charge in [-0.3, -0.25) is 4.79 Å². The second-order valence-electron chi connectivity index (χ2n) is 5.31. The molecule has 0 atom stereocenters. The van der Waals surface area contributed by atoms with E-state index in [0.29, 0.717) is 21.3 Å². The molecule has 126 valence electrons. The zero-order valence-electron chi connectivity index (χ0n) is 13.4. The Kier molecular flexibility index (Phi) is 5.00. The molecule has 0 aliphatic carbocycles. The summed E-state index contributed by atoms with van der Waals surface area (Å²) in [7, 11) is 1.46. The smallest absolute Gasteiger partial charge is 0.271 e. The van der Waals surface area contributed by atoms with Crippen LogP contribution in [0.4, 0.5) is 0 Å². The summed E-state index contributed by atoms with van der Waals surface area (Å²) in [5.74, 6) is 0.0309. The van der Waals surface area contributed by atoms with Gasteiger partial charge in [0, 0.05) is 5.56 Å². The molecule has 0 aliphatic heterocycles. The Labute approximate surface area is 153 Å². The number of aromatic hydroxyl groups is 1. The predicted octanol–water partition coefficient (Wildman–Crippen LogP) is 4.08. The zero-order chi connectivity index (χ0) is 17.8. The lowest BCUT2D eigenvalue weighted by molar-refractivity contribution is 0.0955. The van der Waals surface area contributed by atoms with Gasteiger partial charge < -0.3 is 9.84 Å². The van der Waals surface area contributed by atoms with Crippen LogP contribution < -0.4 is 10.2 Å². The number of carbonyl (C=O) groups excluding carboxylic acids is 1. The van der Waals surface area contributed by atoms with E-state index in [1.807, 2.05) is 36.4 Å². The van der Waals surface area contributed by atoms with Crippen LogP contribution in [0.15, 0.2) is 64.2 Å². The molecule has 5 nitrogen and oxygen atoms in total. The summed E-state index contributed by atoms with van der Waals surface area (Å²) in [6, 6.07) is 16.6. The van der Waals surface area contributed by atoms with Gasteiger partial charge in [-0.15, -0.1) is 0 Å². The quantitative estimate of drug-likeness (QED) is 0.513. The van der Waals surface area contributed by atoms with E-state index in [0.717, 1.165) is 10.8 Å². The molecule has 6 heteroatoms. The molecule has 0 radical (unpaired) electrons. The molecule has 25 heavy (non-hydrogen) atoms. The summed E-state index contributed by atoms with van der Waals surface area (Å²) in [5.41, 5.74) is 3.69. The average molecular weight is 399 g/mol. The third-order valence-electron chi connectivity index (χ3n) is 3.66. The average Bonchev–Trinajstić information content (AvgIpc) is 2.63. The van der Waals surface area contributed by atoms with Crippen LogP contribution in [0.3, 0.4) is 0 Å². The molecule has 3 aromatic rings. The Bertz CT molecular complexity index is 970. The molecule has 2 N–H and O–H groups in total. The van der Waals surface area contributed by atoms with Gasteiger partial charge in [0.1, 0.15) is 0 Å². The van der Waals surface area contributed by atoms with Crippen LogP contribution in [0, 0.1) is 0 Å². The third-order valence-corrected chi connectivity index (χ3v) is 4.27. The van der Waals surface area contributed by atoms with Crippen molar-refractivity contribution in [3.63, 3.8) is 0 Å². The largest absolute Gasteiger partial charge is 0.503 e. The number of methoxy groups -OCH3 is 1. The lowest BCUT2D eigenvalue weighted by atomic mass is 10.1. The van der Waals surface area contributed by atoms with Crippen molar-refractivity contribution in [2.75, 3.05) is 7.11 Å². The molecule has 0 unspecified atom stereocenters. The third kappa shape index (κ3) is 3.80. The number of fused-ring (bicyclic) bond motifs is 1. The van der Waals surface area contributed by atoms with E-state index in [9.17, 15) is 9.90 Å². The Morgan fingerprint density at radius 3 is 2.68 bits per heavy atom. The number of hydrazone groups is 1. The summed E-state index contributed by atoms with van der Waals surface area (Å²) in [4.78, 5) is 12.2. The molecule has 3 aromatic carbocycles. The first-order chi connectivity index (χ1) is 12.1. The van der Waals surface area contributed by atoms with Crippen molar-refractivity contribution in [3.05, 3.63) is 70.2 Å². The summed E-state index contributed by atoms with van der Waals surface area (Å²) in [5, 5.41) is 15.8. The monoisotopic (exact) mass is 398 g/mol. The summed E-state index contributed by atoms with van der Waals surface area (Å²) >= 11 is 3.24. The molecular weight excluding hydrogens is 384 g/mol. The lowest BCUT2D eigenvalue weighted by Gasteiger charge is -2.06. The van der Waals surface area contributed by atoms with Gasteiger partial charge in [-0.05, 0) is 56.5 Å². The number of hydrogen-bond acceptors (Lipinski definition) is 4. The van der Waals surface area contributed by atoms with Crippen molar-refractivity contribution in [3.8, 4) is 11.5 Å². The highest BCUT2D eigenvalue weighted by Crippen LogP contribution is 2.34. The van der Waals surface area contributed by atoms with Crippen LogP contribution in [-0.4, -0.2) is 24.3 Å². The van der Waals surface area contributed by atoms with Crippen molar-refractivity contribution in [1.82, 2.24) is 5.43 Å². The Morgan fingerprint density at radius 1 is 1.16 bits per heavy atom. The van der Waals surface area contributed by atoms with Crippen molar-refractivity contribution >= 4 is 38.8 Å². The van der Waals surface area contributed by atoms with E-state index in [-0.39, 0.29) is 11.7 Å². The van der Waals surface area contributed by atoms with Crippen molar-refractivity contribution in [1.29, 1.82) is 0 Å². The summed E-state index contributed by atoms with van der Waals surface area (Å²) in [6.45, 7) is 0. The number of nitrogens with zero attached hydrogens (tertiary/aromatic N) is 1. The van der Waals surface area contributed by atoms with Gasteiger partial charge >= 0.3 is 0 Å². The maximum absolute atomic E-state index is 12.2. The molecule has 0 heterocycles. The number of ether oxygens (including phenoxy) is 1. The molecule has 0 aliphatic rings. The molecule has 0 saturated carbocycles. The standard InChI is InChI=1S/C19H15BrN2O3/c1-25-17-9-12(8-16(20)18(17)23)11-21-22-19(24)15-7-6-13-4-2-3-5-14(13)10-15/h2-11,23H,1H3,(H,22,24)/b21-11-. The van der Waals surface area contributed by atoms with Gasteiger partial charge in [-0.25, -0.2) is 5.43 Å². The van der Waals surface area contributed by atoms with Gasteiger partial charge in [0.2, 0.25) is 0 Å². The van der Waals surface area contributed by atoms with E-state index in [1.165, 1.54) is 13.3 Å². The number of amides is 1. The number of carbonyl (C=O) groups is 1. The SMILES string of the molecule is COc1cc(/C=N\NC(=O)c2ccc3ccccc3c2)cc(Br)c1O. The van der Waals surface area contributed by atoms with Crippen LogP contribution in [0.2, 0.25) is 0 Å². The molecular formula is C19H15BrN2O3. The topological polar surface area (TPSA) is 70.9 Å². The van der Waals surface area contributed by atoms with Crippen molar-refractivity contribution < 1.29 is 14.6 Å². The molecule has 3 rings (SSSR count). The molecule has 0 bridgehead atoms. The minimum absolute atomic E-state index is 0.0137. The fourth-order valence-corrected chi connectivity index (χ4v) is 2.84. The minimum Gasteiger partial charge on any atom is -0.503 e. The number of phenols is 1. The van der Waals surface area contributed by atoms with Gasteiger partial charge in [0.05, 0.1) is 17.8 Å². The number of halogens is 1. The van der Waals surface area contributed by atoms with Crippen LogP contribution in [0.5, 0.6) is 11.5 Å². The number of hydrogen-bond donors (Lipinski definition) is 2. The Morgan fingerprint density at radius 2 is 1.92 bits per heavy atom. The van der Waals surface area contributed by atoms with E-state index in [2.05, 4.69) is 26.5 Å². The Balaban J connectivity index is 1.75. The highest BCUT2D eigenvalue weighted by atomic mass is 79.9. The number of nitrogens with one attached hydrogen (secondary N) is 1. The van der Waals surface area contributed by atoms with E-state index < -0.39 is 0 Å². The first-order valence-electron chi connectivity index (χ1n) is 7.47. The van der Waals surface area contributed by atoms with Gasteiger partial charge in [-0.2, -0.15) is 5.10 Å². The first kappa shape index (κ1) is 17.0. The molecule has 0 fully saturated rings. The van der Waals surface area contributed by atoms with Gasteiger partial charge in [0.25, 0.3) is 5.91 Å². The summed E-state index contributed by atoms with van der Waals surface area (Å²) in [6.07, 6.45) is 1.48. The minimum atomic E-state index is -0.299. The van der Waals surface area contributed by atoms with Crippen LogP contribution >= 0.6 is 15.9 Å². The normalized spacial score (nSPS) is 11.0. The van der Waals surface area contributed by atoms with Gasteiger partial charge in [-0.1, -0.05) is 30.3 Å². The lowest BCUT2D eigenvalue weighted by Crippen LogP contribution is -2.17. The fourth-order valence-electron chi connectivity index (χ4n) is 2.38. The number of phenolic OH excluding ortho intramolecular Hbond substituents is 1. The van der Waals surface area contributed by atoms with Crippen LogP contribution in [-0.2, 0) is 0 Å². The van der Waals surface area contributed by atoms with Crippen LogP contribution in [0.25, 0.3) is 10.8 Å². The Hall–Kier alpha value is -2.86. The molecule has 0 saturated heterocycles. The first-order valence-corrected chi connectivity index (χ1v) is 8.26. The highest BCUT2D eigenvalue weighted by molar-refractivity contribution is 9.10. The van der Waals surface area contributed by atoms with E-state index in [1.54, 1.807) is 18.2 Å². The van der Waals surface area contributed by atoms with Gasteiger partial charge in [0.15, 0.2) is 11.5 Å². The van der Waals surface area contributed by atoms with E-state index >= 15 is 0 Å². The van der Waals surface area contributed by atoms with Crippen molar-refractivity contribution in [2.45, 2.75) is 0 Å². The second kappa shape index (κ2) is 7.36. The maximum Gasteiger partial charge on any atom is 0.271 e. The molecule has 0 spiro atoms. The maximum atomic E-state index is 12.2. The number of rotatable bonds is 4. The highest BCUT2D eigenvalue weighted by Gasteiger charge is 2.08. The van der Waals surface area contributed by atoms with Crippen LogP contribution in [0.1, 0.15) is 15.9 Å². The molecule has 1 amide bonds. The summed E-state index contributed by atoms with van der Waals surface area (Å²) < 4.78 is 5.56. The van der Waals surface area contributed by atoms with Crippen molar-refractivity contribution in [2.24, 2.45) is 5.10 Å².